The number of halogens is 1. The third-order valence-corrected chi connectivity index (χ3v) is 3.94. The quantitative estimate of drug-likeness (QED) is 0.559. The molecule has 0 aliphatic heterocycles. The molecular weight excluding hydrogens is 370 g/mol. The van der Waals surface area contributed by atoms with Crippen molar-refractivity contribution < 1.29 is 9.53 Å². The van der Waals surface area contributed by atoms with E-state index in [1.165, 1.54) is 0 Å². The molecule has 1 atom stereocenters. The van der Waals surface area contributed by atoms with Crippen LogP contribution in [0.1, 0.15) is 18.9 Å². The zero-order valence-electron chi connectivity index (χ0n) is 13.6. The minimum atomic E-state index is -0.348. The molecule has 0 bridgehead atoms. The summed E-state index contributed by atoms with van der Waals surface area (Å²) in [6.07, 6.45) is 2.25. The normalized spacial score (nSPS) is 12.0. The molecule has 2 aromatic rings. The van der Waals surface area contributed by atoms with E-state index in [1.807, 2.05) is 55.5 Å². The highest BCUT2D eigenvalue weighted by Crippen LogP contribution is 2.15. The Balaban J connectivity index is 1.90. The van der Waals surface area contributed by atoms with Crippen LogP contribution >= 0.6 is 15.9 Å². The van der Waals surface area contributed by atoms with Crippen LogP contribution in [-0.2, 0) is 4.79 Å². The molecule has 0 aliphatic carbocycles. The number of nitrogens with one attached hydrogen (secondary N) is 2. The van der Waals surface area contributed by atoms with Crippen molar-refractivity contribution >= 4 is 33.7 Å². The fraction of sp³-hybridized carbons (Fsp3) is 0.222. The number of hydrogen-bond donors (Lipinski definition) is 2. The molecule has 24 heavy (non-hydrogen) atoms. The number of anilines is 1. The lowest BCUT2D eigenvalue weighted by molar-refractivity contribution is -0.121. The van der Waals surface area contributed by atoms with Gasteiger partial charge in [0.2, 0.25) is 0 Å². The van der Waals surface area contributed by atoms with Gasteiger partial charge in [-0.25, -0.2) is 5.43 Å². The summed E-state index contributed by atoms with van der Waals surface area (Å²) >= 11 is 3.39. The predicted octanol–water partition coefficient (Wildman–Crippen LogP) is 3.80. The third-order valence-electron chi connectivity index (χ3n) is 3.41. The van der Waals surface area contributed by atoms with E-state index in [1.54, 1.807) is 13.3 Å². The van der Waals surface area contributed by atoms with Gasteiger partial charge in [-0.1, -0.05) is 22.9 Å². The van der Waals surface area contributed by atoms with Crippen molar-refractivity contribution in [2.45, 2.75) is 19.4 Å². The first-order valence-corrected chi connectivity index (χ1v) is 8.40. The first-order valence-electron chi connectivity index (χ1n) is 7.61. The monoisotopic (exact) mass is 389 g/mol. The largest absolute Gasteiger partial charge is 0.497 e. The lowest BCUT2D eigenvalue weighted by Gasteiger charge is -2.16. The summed E-state index contributed by atoms with van der Waals surface area (Å²) in [6.45, 7) is 1.95. The number of nitrogens with zero attached hydrogens (tertiary/aromatic N) is 1. The number of amides is 1. The third kappa shape index (κ3) is 5.38. The van der Waals surface area contributed by atoms with Gasteiger partial charge in [-0.2, -0.15) is 5.10 Å². The minimum Gasteiger partial charge on any atom is -0.497 e. The molecule has 0 saturated carbocycles. The number of hydrazone groups is 1. The fourth-order valence-corrected chi connectivity index (χ4v) is 2.30. The lowest BCUT2D eigenvalue weighted by atomic mass is 10.2. The zero-order valence-corrected chi connectivity index (χ0v) is 15.2. The summed E-state index contributed by atoms with van der Waals surface area (Å²) in [5, 5.41) is 7.20. The van der Waals surface area contributed by atoms with Crippen molar-refractivity contribution in [3.8, 4) is 5.75 Å². The van der Waals surface area contributed by atoms with E-state index < -0.39 is 0 Å². The minimum absolute atomic E-state index is 0.176. The van der Waals surface area contributed by atoms with Crippen LogP contribution in [0.3, 0.4) is 0 Å². The number of carbonyl (C=O) groups is 1. The van der Waals surface area contributed by atoms with Gasteiger partial charge in [0.25, 0.3) is 5.91 Å². The summed E-state index contributed by atoms with van der Waals surface area (Å²) in [5.41, 5.74) is 4.34. The molecule has 0 spiro atoms. The van der Waals surface area contributed by atoms with Gasteiger partial charge in [0.15, 0.2) is 0 Å². The highest BCUT2D eigenvalue weighted by molar-refractivity contribution is 9.10. The maximum atomic E-state index is 12.2. The van der Waals surface area contributed by atoms with Crippen molar-refractivity contribution in [2.75, 3.05) is 12.4 Å². The van der Waals surface area contributed by atoms with Gasteiger partial charge in [-0.3, -0.25) is 4.79 Å². The number of rotatable bonds is 7. The van der Waals surface area contributed by atoms with E-state index >= 15 is 0 Å². The second-order valence-corrected chi connectivity index (χ2v) is 6.04. The number of benzene rings is 2. The van der Waals surface area contributed by atoms with Gasteiger partial charge >= 0.3 is 0 Å². The molecule has 6 heteroatoms. The Morgan fingerprint density at radius 2 is 1.88 bits per heavy atom. The summed E-state index contributed by atoms with van der Waals surface area (Å²) in [4.78, 5) is 12.2. The van der Waals surface area contributed by atoms with Gasteiger partial charge in [0.05, 0.1) is 13.3 Å². The van der Waals surface area contributed by atoms with Crippen molar-refractivity contribution in [2.24, 2.45) is 5.10 Å². The van der Waals surface area contributed by atoms with Crippen LogP contribution in [-0.4, -0.2) is 25.3 Å². The molecule has 126 valence electrons. The first kappa shape index (κ1) is 18.0. The predicted molar refractivity (Wildman–Crippen MR) is 101 cm³/mol. The highest BCUT2D eigenvalue weighted by atomic mass is 79.9. The topological polar surface area (TPSA) is 62.7 Å². The number of hydrogen-bond acceptors (Lipinski definition) is 4. The van der Waals surface area contributed by atoms with Crippen molar-refractivity contribution in [3.05, 3.63) is 58.6 Å². The first-order chi connectivity index (χ1) is 11.6. The average Bonchev–Trinajstić information content (AvgIpc) is 2.61. The van der Waals surface area contributed by atoms with Gasteiger partial charge in [0, 0.05) is 10.2 Å². The van der Waals surface area contributed by atoms with Crippen LogP contribution in [0.4, 0.5) is 5.69 Å². The molecule has 0 radical (unpaired) electrons. The van der Waals surface area contributed by atoms with Gasteiger partial charge in [0.1, 0.15) is 11.8 Å². The molecule has 2 aromatic carbocycles. The van der Waals surface area contributed by atoms with Crippen LogP contribution in [0.25, 0.3) is 0 Å². The van der Waals surface area contributed by atoms with E-state index in [-0.39, 0.29) is 11.9 Å². The standard InChI is InChI=1S/C18H20BrN3O2/c1-3-17(21-15-8-6-14(19)7-9-15)18(23)22-20-12-13-4-10-16(24-2)11-5-13/h4-12,17,21H,3H2,1-2H3,(H,22,23)/b20-12-/t17-/m1/s1. The molecule has 2 N–H and O–H groups in total. The van der Waals surface area contributed by atoms with E-state index in [0.717, 1.165) is 21.5 Å². The number of ether oxygens (including phenoxy) is 1. The molecule has 0 heterocycles. The molecule has 5 nitrogen and oxygen atoms in total. The summed E-state index contributed by atoms with van der Waals surface area (Å²) in [7, 11) is 1.62. The Bertz CT molecular complexity index is 684. The van der Waals surface area contributed by atoms with Crippen LogP contribution in [0.15, 0.2) is 58.1 Å². The summed E-state index contributed by atoms with van der Waals surface area (Å²) in [5.74, 6) is 0.603. The van der Waals surface area contributed by atoms with Crippen molar-refractivity contribution in [1.29, 1.82) is 0 Å². The molecule has 1 amide bonds. The van der Waals surface area contributed by atoms with E-state index in [9.17, 15) is 4.79 Å². The number of carbonyl (C=O) groups excluding carboxylic acids is 1. The molecule has 0 fully saturated rings. The smallest absolute Gasteiger partial charge is 0.262 e. The maximum Gasteiger partial charge on any atom is 0.262 e. The summed E-state index contributed by atoms with van der Waals surface area (Å²) in [6, 6.07) is 14.8. The maximum absolute atomic E-state index is 12.2. The molecule has 0 aromatic heterocycles. The van der Waals surface area contributed by atoms with Gasteiger partial charge in [-0.05, 0) is 60.5 Å². The van der Waals surface area contributed by atoms with Crippen LogP contribution in [0, 0.1) is 0 Å². The SMILES string of the molecule is CC[C@@H](Nc1ccc(Br)cc1)C(=O)N/N=C\c1ccc(OC)cc1. The van der Waals surface area contributed by atoms with Gasteiger partial charge in [-0.15, -0.1) is 0 Å². The molecule has 0 aliphatic rings. The highest BCUT2D eigenvalue weighted by Gasteiger charge is 2.15. The Hall–Kier alpha value is -2.34. The molecule has 0 unspecified atom stereocenters. The second-order valence-electron chi connectivity index (χ2n) is 5.12. The van der Waals surface area contributed by atoms with E-state index in [2.05, 4.69) is 31.8 Å². The Morgan fingerprint density at radius 1 is 1.21 bits per heavy atom. The van der Waals surface area contributed by atoms with Crippen LogP contribution in [0.5, 0.6) is 5.75 Å². The van der Waals surface area contributed by atoms with Crippen LogP contribution in [0.2, 0.25) is 0 Å². The molecule has 0 saturated heterocycles. The fourth-order valence-electron chi connectivity index (χ4n) is 2.04. The second kappa shape index (κ2) is 9.08. The van der Waals surface area contributed by atoms with Crippen molar-refractivity contribution in [1.82, 2.24) is 5.43 Å². The van der Waals surface area contributed by atoms with Gasteiger partial charge < -0.3 is 10.1 Å². The Morgan fingerprint density at radius 3 is 2.46 bits per heavy atom. The van der Waals surface area contributed by atoms with E-state index in [4.69, 9.17) is 4.74 Å². The number of methoxy groups -OCH3 is 1. The average molecular weight is 390 g/mol. The van der Waals surface area contributed by atoms with Crippen LogP contribution < -0.4 is 15.5 Å². The van der Waals surface area contributed by atoms with E-state index in [0.29, 0.717) is 6.42 Å². The zero-order chi connectivity index (χ0) is 17.4. The van der Waals surface area contributed by atoms with Crippen molar-refractivity contribution in [3.63, 3.8) is 0 Å². The summed E-state index contributed by atoms with van der Waals surface area (Å²) < 4.78 is 6.09. The molecular formula is C18H20BrN3O2. The Kier molecular flexibility index (Phi) is 6.81. The Labute approximate surface area is 150 Å². The lowest BCUT2D eigenvalue weighted by Crippen LogP contribution is -2.36. The molecule has 2 rings (SSSR count).